The largest absolute Gasteiger partial charge is 0.534 e. The van der Waals surface area contributed by atoms with Gasteiger partial charge in [0.05, 0.1) is 19.0 Å². The fourth-order valence-corrected chi connectivity index (χ4v) is 2.11. The molecular weight excluding hydrogens is 365 g/mol. The molecule has 1 aromatic carbocycles. The van der Waals surface area contributed by atoms with Crippen LogP contribution in [0.2, 0.25) is 0 Å². The van der Waals surface area contributed by atoms with Crippen molar-refractivity contribution in [2.24, 2.45) is 0 Å². The molecule has 11 heteroatoms. The minimum absolute atomic E-state index is 0. The van der Waals surface area contributed by atoms with E-state index in [2.05, 4.69) is 18.9 Å². The second-order valence-electron chi connectivity index (χ2n) is 4.28. The molecule has 25 heavy (non-hydrogen) atoms. The average molecular weight is 378 g/mol. The van der Waals surface area contributed by atoms with Crippen molar-refractivity contribution in [3.8, 4) is 17.0 Å². The summed E-state index contributed by atoms with van der Waals surface area (Å²) >= 11 is 0. The van der Waals surface area contributed by atoms with E-state index in [4.69, 9.17) is 0 Å². The molecule has 0 aliphatic heterocycles. The lowest BCUT2D eigenvalue weighted by atomic mass is 10.1. The molecule has 1 heterocycles. The molecule has 7 nitrogen and oxygen atoms in total. The van der Waals surface area contributed by atoms with Crippen LogP contribution in [0.15, 0.2) is 36.8 Å². The Labute approximate surface area is 141 Å². The average Bonchev–Trinajstić information content (AvgIpc) is 2.53. The number of ether oxygens (including phenoxy) is 1. The molecule has 0 bridgehead atoms. The highest BCUT2D eigenvalue weighted by Crippen LogP contribution is 2.32. The number of benzene rings is 1. The number of aromatic nitrogens is 2. The highest BCUT2D eigenvalue weighted by molar-refractivity contribution is 7.88. The zero-order chi connectivity index (χ0) is 18.0. The molecule has 0 atom stereocenters. The van der Waals surface area contributed by atoms with Crippen molar-refractivity contribution >= 4 is 16.1 Å². The number of nitrogens with zero attached hydrogens (tertiary/aromatic N) is 2. The highest BCUT2D eigenvalue weighted by atomic mass is 32.2. The first-order chi connectivity index (χ1) is 11.2. The van der Waals surface area contributed by atoms with E-state index in [0.29, 0.717) is 0 Å². The monoisotopic (exact) mass is 378 g/mol. The van der Waals surface area contributed by atoms with Gasteiger partial charge in [-0.05, 0) is 12.1 Å². The van der Waals surface area contributed by atoms with Crippen LogP contribution >= 0.6 is 0 Å². The summed E-state index contributed by atoms with van der Waals surface area (Å²) in [5, 5.41) is 0. The van der Waals surface area contributed by atoms with Gasteiger partial charge in [-0.15, -0.1) is 0 Å². The number of hydrogen-bond donors (Lipinski definition) is 0. The predicted molar refractivity (Wildman–Crippen MR) is 81.1 cm³/mol. The Morgan fingerprint density at radius 3 is 2.40 bits per heavy atom. The lowest BCUT2D eigenvalue weighted by molar-refractivity contribution is -0.0500. The number of methoxy groups -OCH3 is 1. The third-order valence-electron chi connectivity index (χ3n) is 2.73. The van der Waals surface area contributed by atoms with Crippen LogP contribution in [-0.4, -0.2) is 37.0 Å². The van der Waals surface area contributed by atoms with Crippen molar-refractivity contribution in [1.29, 1.82) is 0 Å². The van der Waals surface area contributed by atoms with Crippen molar-refractivity contribution in [2.75, 3.05) is 7.11 Å². The van der Waals surface area contributed by atoms with Crippen molar-refractivity contribution in [2.45, 2.75) is 12.9 Å². The second-order valence-corrected chi connectivity index (χ2v) is 5.81. The van der Waals surface area contributed by atoms with E-state index in [-0.39, 0.29) is 18.7 Å². The summed E-state index contributed by atoms with van der Waals surface area (Å²) in [6, 6.07) is 3.33. The van der Waals surface area contributed by atoms with Gasteiger partial charge in [0.2, 0.25) is 0 Å². The molecule has 0 saturated heterocycles. The van der Waals surface area contributed by atoms with Crippen LogP contribution < -0.4 is 4.18 Å². The first-order valence-electron chi connectivity index (χ1n) is 6.15. The summed E-state index contributed by atoms with van der Waals surface area (Å²) in [6.07, 6.45) is 4.00. The zero-order valence-electron chi connectivity index (χ0n) is 11.9. The summed E-state index contributed by atoms with van der Waals surface area (Å²) in [5.74, 6) is -1.89. The number of carbonyl (C=O) groups is 1. The van der Waals surface area contributed by atoms with E-state index >= 15 is 0 Å². The SMILES string of the molecule is C.COC(=O)c1ccc(-c2cnccn2)cc1OS(=O)(=O)C(F)(F)F. The van der Waals surface area contributed by atoms with Gasteiger partial charge in [-0.3, -0.25) is 9.97 Å². The summed E-state index contributed by atoms with van der Waals surface area (Å²) in [4.78, 5) is 19.3. The number of alkyl halides is 3. The fourth-order valence-electron chi connectivity index (χ4n) is 1.64. The number of halogens is 3. The molecule has 0 spiro atoms. The molecule has 0 aliphatic carbocycles. The minimum Gasteiger partial charge on any atom is -0.465 e. The lowest BCUT2D eigenvalue weighted by Gasteiger charge is -2.13. The Kier molecular flexibility index (Phi) is 6.08. The van der Waals surface area contributed by atoms with Gasteiger partial charge in [-0.2, -0.15) is 21.6 Å². The summed E-state index contributed by atoms with van der Waals surface area (Å²) < 4.78 is 68.4. The van der Waals surface area contributed by atoms with Crippen molar-refractivity contribution in [3.05, 3.63) is 42.4 Å². The highest BCUT2D eigenvalue weighted by Gasteiger charge is 2.49. The molecule has 0 radical (unpaired) electrons. The second kappa shape index (κ2) is 7.47. The van der Waals surface area contributed by atoms with Crippen LogP contribution in [0.4, 0.5) is 13.2 Å². The van der Waals surface area contributed by atoms with Crippen molar-refractivity contribution in [1.82, 2.24) is 9.97 Å². The number of carbonyl (C=O) groups excluding carboxylic acids is 1. The maximum Gasteiger partial charge on any atom is 0.534 e. The van der Waals surface area contributed by atoms with Crippen LogP contribution in [-0.2, 0) is 14.9 Å². The molecular formula is C14H13F3N2O5S. The van der Waals surface area contributed by atoms with E-state index in [1.807, 2.05) is 0 Å². The van der Waals surface area contributed by atoms with Crippen LogP contribution in [0, 0.1) is 0 Å². The van der Waals surface area contributed by atoms with E-state index in [1.165, 1.54) is 24.7 Å². The Bertz CT molecular complexity index is 855. The summed E-state index contributed by atoms with van der Waals surface area (Å²) in [7, 11) is -4.97. The van der Waals surface area contributed by atoms with Gasteiger partial charge in [0.25, 0.3) is 0 Å². The molecule has 0 aliphatic rings. The van der Waals surface area contributed by atoms with Gasteiger partial charge in [-0.25, -0.2) is 4.79 Å². The van der Waals surface area contributed by atoms with E-state index in [9.17, 15) is 26.4 Å². The third-order valence-corrected chi connectivity index (χ3v) is 3.69. The van der Waals surface area contributed by atoms with Crippen LogP contribution in [0.5, 0.6) is 5.75 Å². The van der Waals surface area contributed by atoms with Gasteiger partial charge >= 0.3 is 21.6 Å². The molecule has 136 valence electrons. The number of rotatable bonds is 4. The standard InChI is InChI=1S/C13H9F3N2O5S.CH4/c1-22-12(19)9-3-2-8(10-7-17-4-5-18-10)6-11(9)23-24(20,21)13(14,15)16;/h2-7H,1H3;1H4. The Morgan fingerprint density at radius 1 is 1.20 bits per heavy atom. The maximum atomic E-state index is 12.5. The van der Waals surface area contributed by atoms with Crippen LogP contribution in [0.25, 0.3) is 11.3 Å². The fraction of sp³-hybridized carbons (Fsp3) is 0.214. The first-order valence-corrected chi connectivity index (χ1v) is 7.56. The van der Waals surface area contributed by atoms with E-state index < -0.39 is 32.9 Å². The molecule has 0 saturated carbocycles. The van der Waals surface area contributed by atoms with Crippen molar-refractivity contribution < 1.29 is 35.3 Å². The quantitative estimate of drug-likeness (QED) is 0.459. The van der Waals surface area contributed by atoms with Crippen LogP contribution in [0.1, 0.15) is 17.8 Å². The molecule has 2 rings (SSSR count). The molecule has 0 fully saturated rings. The Morgan fingerprint density at radius 2 is 1.88 bits per heavy atom. The first kappa shape index (κ1) is 20.4. The Balaban J connectivity index is 0.00000312. The number of esters is 1. The van der Waals surface area contributed by atoms with Gasteiger partial charge in [0.1, 0.15) is 5.56 Å². The normalized spacial score (nSPS) is 11.4. The van der Waals surface area contributed by atoms with Gasteiger partial charge < -0.3 is 8.92 Å². The molecule has 0 amide bonds. The van der Waals surface area contributed by atoms with E-state index in [0.717, 1.165) is 19.2 Å². The van der Waals surface area contributed by atoms with Gasteiger partial charge in [-0.1, -0.05) is 13.5 Å². The molecule has 2 aromatic rings. The Hall–Kier alpha value is -2.69. The maximum absolute atomic E-state index is 12.5. The minimum atomic E-state index is -5.96. The van der Waals surface area contributed by atoms with Gasteiger partial charge in [0, 0.05) is 18.0 Å². The molecule has 0 unspecified atom stereocenters. The summed E-state index contributed by atoms with van der Waals surface area (Å²) in [6.45, 7) is 0. The predicted octanol–water partition coefficient (Wildman–Crippen LogP) is 2.79. The third kappa shape index (κ3) is 4.44. The van der Waals surface area contributed by atoms with Crippen LogP contribution in [0.3, 0.4) is 0 Å². The topological polar surface area (TPSA) is 95.4 Å². The smallest absolute Gasteiger partial charge is 0.465 e. The lowest BCUT2D eigenvalue weighted by Crippen LogP contribution is -2.28. The van der Waals surface area contributed by atoms with E-state index in [1.54, 1.807) is 0 Å². The molecule has 0 N–H and O–H groups in total. The molecule has 1 aromatic heterocycles. The van der Waals surface area contributed by atoms with Crippen molar-refractivity contribution in [3.63, 3.8) is 0 Å². The van der Waals surface area contributed by atoms with Gasteiger partial charge in [0.15, 0.2) is 5.75 Å². The number of hydrogen-bond acceptors (Lipinski definition) is 7. The zero-order valence-corrected chi connectivity index (χ0v) is 12.8. The summed E-state index contributed by atoms with van der Waals surface area (Å²) in [5.41, 5.74) is -5.70.